The molecule has 0 spiro atoms. The van der Waals surface area contributed by atoms with Gasteiger partial charge in [-0.15, -0.1) is 0 Å². The van der Waals surface area contributed by atoms with Crippen LogP contribution in [0.5, 0.6) is 0 Å². The summed E-state index contributed by atoms with van der Waals surface area (Å²) in [5.41, 5.74) is 1.86. The van der Waals surface area contributed by atoms with Crippen LogP contribution in [0.15, 0.2) is 54.6 Å². The number of amides is 1. The first kappa shape index (κ1) is 14.8. The van der Waals surface area contributed by atoms with Gasteiger partial charge in [0.15, 0.2) is 0 Å². The minimum Gasteiger partial charge on any atom is -0.388 e. The van der Waals surface area contributed by atoms with E-state index in [1.165, 1.54) is 0 Å². The maximum atomic E-state index is 11.9. The topological polar surface area (TPSA) is 73.1 Å². The van der Waals surface area contributed by atoms with Crippen molar-refractivity contribution in [2.45, 2.75) is 12.5 Å². The van der Waals surface area contributed by atoms with E-state index in [0.717, 1.165) is 5.56 Å². The zero-order chi connectivity index (χ0) is 15.1. The molecule has 0 aliphatic heterocycles. The lowest BCUT2D eigenvalue weighted by molar-refractivity contribution is 0.0942. The van der Waals surface area contributed by atoms with Crippen LogP contribution in [0, 0.1) is 11.3 Å². The predicted octanol–water partition coefficient (Wildman–Crippen LogP) is 2.41. The smallest absolute Gasteiger partial charge is 0.251 e. The van der Waals surface area contributed by atoms with Crippen LogP contribution < -0.4 is 5.32 Å². The second-order valence-electron chi connectivity index (χ2n) is 4.66. The lowest BCUT2D eigenvalue weighted by atomic mass is 10.1. The van der Waals surface area contributed by atoms with Gasteiger partial charge in [0.2, 0.25) is 0 Å². The van der Waals surface area contributed by atoms with Crippen molar-refractivity contribution in [3.05, 3.63) is 71.3 Å². The highest BCUT2D eigenvalue weighted by atomic mass is 16.3. The number of aliphatic hydroxyl groups excluding tert-OH is 1. The van der Waals surface area contributed by atoms with E-state index < -0.39 is 6.10 Å². The van der Waals surface area contributed by atoms with Crippen molar-refractivity contribution in [2.24, 2.45) is 0 Å². The van der Waals surface area contributed by atoms with Gasteiger partial charge in [0.05, 0.1) is 17.7 Å². The van der Waals surface area contributed by atoms with Crippen LogP contribution >= 0.6 is 0 Å². The molecular formula is C17H16N2O2. The molecule has 0 saturated carbocycles. The Balaban J connectivity index is 1.83. The second-order valence-corrected chi connectivity index (χ2v) is 4.66. The quantitative estimate of drug-likeness (QED) is 0.883. The maximum Gasteiger partial charge on any atom is 0.251 e. The van der Waals surface area contributed by atoms with Gasteiger partial charge in [-0.25, -0.2) is 0 Å². The Hall–Kier alpha value is -2.64. The average molecular weight is 280 g/mol. The van der Waals surface area contributed by atoms with Crippen molar-refractivity contribution in [1.29, 1.82) is 5.26 Å². The molecular weight excluding hydrogens is 264 g/mol. The van der Waals surface area contributed by atoms with E-state index in [4.69, 9.17) is 5.26 Å². The first-order valence-electron chi connectivity index (χ1n) is 6.72. The second kappa shape index (κ2) is 7.22. The fraction of sp³-hybridized carbons (Fsp3) is 0.176. The largest absolute Gasteiger partial charge is 0.388 e. The Morgan fingerprint density at radius 3 is 2.43 bits per heavy atom. The van der Waals surface area contributed by atoms with Crippen molar-refractivity contribution in [2.75, 3.05) is 6.54 Å². The molecule has 0 aromatic heterocycles. The van der Waals surface area contributed by atoms with Crippen LogP contribution in [0.3, 0.4) is 0 Å². The number of carbonyl (C=O) groups excluding carboxylic acids is 1. The molecule has 2 aromatic carbocycles. The number of hydrogen-bond donors (Lipinski definition) is 2. The summed E-state index contributed by atoms with van der Waals surface area (Å²) in [4.78, 5) is 11.9. The van der Waals surface area contributed by atoms with Crippen molar-refractivity contribution in [3.8, 4) is 6.07 Å². The number of rotatable bonds is 5. The zero-order valence-electron chi connectivity index (χ0n) is 11.5. The molecule has 1 amide bonds. The summed E-state index contributed by atoms with van der Waals surface area (Å²) in [5, 5.41) is 21.4. The lowest BCUT2D eigenvalue weighted by Gasteiger charge is -2.11. The molecule has 2 rings (SSSR count). The van der Waals surface area contributed by atoms with Crippen LogP contribution in [0.25, 0.3) is 0 Å². The molecule has 0 fully saturated rings. The molecule has 0 bridgehead atoms. The van der Waals surface area contributed by atoms with E-state index in [9.17, 15) is 9.90 Å². The van der Waals surface area contributed by atoms with Gasteiger partial charge in [-0.05, 0) is 36.2 Å². The lowest BCUT2D eigenvalue weighted by Crippen LogP contribution is -2.25. The van der Waals surface area contributed by atoms with Crippen molar-refractivity contribution in [1.82, 2.24) is 5.32 Å². The third-order valence-electron chi connectivity index (χ3n) is 3.16. The predicted molar refractivity (Wildman–Crippen MR) is 79.5 cm³/mol. The number of nitriles is 1. The Labute approximate surface area is 123 Å². The third kappa shape index (κ3) is 4.16. The number of benzene rings is 2. The maximum absolute atomic E-state index is 11.9. The summed E-state index contributed by atoms with van der Waals surface area (Å²) in [6.07, 6.45) is -0.140. The number of carbonyl (C=O) groups is 1. The van der Waals surface area contributed by atoms with Crippen LogP contribution in [0.1, 0.15) is 34.0 Å². The van der Waals surface area contributed by atoms with E-state index >= 15 is 0 Å². The highest BCUT2D eigenvalue weighted by Crippen LogP contribution is 2.15. The molecule has 0 radical (unpaired) electrons. The van der Waals surface area contributed by atoms with E-state index in [2.05, 4.69) is 5.32 Å². The molecule has 0 aliphatic carbocycles. The van der Waals surface area contributed by atoms with Crippen molar-refractivity contribution >= 4 is 5.91 Å². The molecule has 0 aliphatic rings. The monoisotopic (exact) mass is 280 g/mol. The molecule has 21 heavy (non-hydrogen) atoms. The third-order valence-corrected chi connectivity index (χ3v) is 3.16. The minimum absolute atomic E-state index is 0.209. The number of aliphatic hydroxyl groups is 1. The minimum atomic E-state index is -0.590. The number of hydrogen-bond acceptors (Lipinski definition) is 3. The summed E-state index contributed by atoms with van der Waals surface area (Å²) in [6.45, 7) is 0.384. The molecule has 1 atom stereocenters. The fourth-order valence-corrected chi connectivity index (χ4v) is 1.96. The van der Waals surface area contributed by atoms with Gasteiger partial charge in [0.25, 0.3) is 5.91 Å². The van der Waals surface area contributed by atoms with Gasteiger partial charge in [0.1, 0.15) is 0 Å². The summed E-state index contributed by atoms with van der Waals surface area (Å²) in [6, 6.07) is 17.8. The van der Waals surface area contributed by atoms with Gasteiger partial charge in [-0.3, -0.25) is 4.79 Å². The van der Waals surface area contributed by atoms with Crippen LogP contribution in [0.4, 0.5) is 0 Å². The summed E-state index contributed by atoms with van der Waals surface area (Å²) in [5.74, 6) is -0.209. The Morgan fingerprint density at radius 1 is 1.14 bits per heavy atom. The van der Waals surface area contributed by atoms with Gasteiger partial charge in [0, 0.05) is 12.1 Å². The Bertz CT molecular complexity index is 630. The summed E-state index contributed by atoms with van der Waals surface area (Å²) in [7, 11) is 0. The average Bonchev–Trinajstić information content (AvgIpc) is 2.55. The summed E-state index contributed by atoms with van der Waals surface area (Å²) < 4.78 is 0. The molecule has 0 saturated heterocycles. The van der Waals surface area contributed by atoms with Crippen LogP contribution in [0.2, 0.25) is 0 Å². The van der Waals surface area contributed by atoms with Gasteiger partial charge in [-0.1, -0.05) is 30.3 Å². The number of nitrogens with one attached hydrogen (secondary N) is 1. The highest BCUT2D eigenvalue weighted by molar-refractivity contribution is 5.94. The number of nitrogens with zero attached hydrogens (tertiary/aromatic N) is 1. The molecule has 0 heterocycles. The van der Waals surface area contributed by atoms with Gasteiger partial charge < -0.3 is 10.4 Å². The van der Waals surface area contributed by atoms with E-state index in [0.29, 0.717) is 24.1 Å². The SMILES string of the molecule is N#Cc1ccc(C(=O)NCC[C@@H](O)c2ccccc2)cc1. The molecule has 2 aromatic rings. The zero-order valence-corrected chi connectivity index (χ0v) is 11.5. The van der Waals surface area contributed by atoms with E-state index in [-0.39, 0.29) is 5.91 Å². The first-order valence-corrected chi connectivity index (χ1v) is 6.72. The Kier molecular flexibility index (Phi) is 5.08. The first-order chi connectivity index (χ1) is 10.2. The normalized spacial score (nSPS) is 11.4. The van der Waals surface area contributed by atoms with Gasteiger partial charge >= 0.3 is 0 Å². The molecule has 106 valence electrons. The molecule has 0 unspecified atom stereocenters. The van der Waals surface area contributed by atoms with Crippen LogP contribution in [-0.4, -0.2) is 17.6 Å². The van der Waals surface area contributed by atoms with E-state index in [1.54, 1.807) is 24.3 Å². The highest BCUT2D eigenvalue weighted by Gasteiger charge is 2.09. The van der Waals surface area contributed by atoms with Crippen molar-refractivity contribution in [3.63, 3.8) is 0 Å². The standard InChI is InChI=1S/C17H16N2O2/c18-12-13-6-8-15(9-7-13)17(21)19-11-10-16(20)14-4-2-1-3-5-14/h1-9,16,20H,10-11H2,(H,19,21)/t16-/m1/s1. The molecule has 4 nitrogen and oxygen atoms in total. The molecule has 4 heteroatoms. The van der Waals surface area contributed by atoms with Crippen LogP contribution in [-0.2, 0) is 0 Å². The molecule has 2 N–H and O–H groups in total. The van der Waals surface area contributed by atoms with Gasteiger partial charge in [-0.2, -0.15) is 5.26 Å². The Morgan fingerprint density at radius 2 is 1.81 bits per heavy atom. The van der Waals surface area contributed by atoms with E-state index in [1.807, 2.05) is 36.4 Å². The summed E-state index contributed by atoms with van der Waals surface area (Å²) >= 11 is 0. The fourth-order valence-electron chi connectivity index (χ4n) is 1.96. The van der Waals surface area contributed by atoms with Crippen molar-refractivity contribution < 1.29 is 9.90 Å².